The van der Waals surface area contributed by atoms with Gasteiger partial charge in [-0.2, -0.15) is 0 Å². The van der Waals surface area contributed by atoms with E-state index in [0.29, 0.717) is 0 Å². The number of carbonyl (C=O) groups is 1. The van der Waals surface area contributed by atoms with Gasteiger partial charge in [0.1, 0.15) is 0 Å². The van der Waals surface area contributed by atoms with Crippen molar-refractivity contribution in [2.24, 2.45) is 0 Å². The van der Waals surface area contributed by atoms with Crippen molar-refractivity contribution in [1.82, 2.24) is 5.32 Å². The molecular weight excluding hydrogens is 326 g/mol. The van der Waals surface area contributed by atoms with Gasteiger partial charge in [-0.25, -0.2) is 0 Å². The van der Waals surface area contributed by atoms with E-state index in [4.69, 9.17) is 0 Å². The summed E-state index contributed by atoms with van der Waals surface area (Å²) in [4.78, 5) is 12.0. The molecule has 0 fully saturated rings. The van der Waals surface area contributed by atoms with Crippen LogP contribution in [-0.4, -0.2) is 5.91 Å². The smallest absolute Gasteiger partial charge is 0.244 e. The van der Waals surface area contributed by atoms with Gasteiger partial charge in [-0.3, -0.25) is 4.79 Å². The molecule has 2 aromatic carbocycles. The second kappa shape index (κ2) is 7.79. The number of halogens is 1. The molecule has 0 aliphatic carbocycles. The third kappa shape index (κ3) is 4.87. The summed E-state index contributed by atoms with van der Waals surface area (Å²) in [6.45, 7) is 2.07. The minimum absolute atomic E-state index is 0.0471. The van der Waals surface area contributed by atoms with Gasteiger partial charge in [-0.15, -0.1) is 0 Å². The molecule has 1 atom stereocenters. The first-order valence-corrected chi connectivity index (χ1v) is 7.77. The SMILES string of the molecule is CC[C@H](NC(=O)/C=C/c1cccc(Br)c1)c1ccccc1. The molecule has 0 aliphatic rings. The number of amides is 1. The Morgan fingerprint density at radius 3 is 2.62 bits per heavy atom. The Balaban J connectivity index is 2.00. The van der Waals surface area contributed by atoms with Crippen molar-refractivity contribution >= 4 is 27.9 Å². The minimum atomic E-state index is -0.0781. The third-order valence-electron chi connectivity index (χ3n) is 3.20. The molecule has 0 unspecified atom stereocenters. The van der Waals surface area contributed by atoms with Crippen molar-refractivity contribution in [3.63, 3.8) is 0 Å². The molecule has 2 rings (SSSR count). The molecule has 0 radical (unpaired) electrons. The molecule has 0 aliphatic heterocycles. The van der Waals surface area contributed by atoms with Crippen LogP contribution in [0.2, 0.25) is 0 Å². The van der Waals surface area contributed by atoms with E-state index in [1.54, 1.807) is 6.08 Å². The van der Waals surface area contributed by atoms with Gasteiger partial charge in [0.05, 0.1) is 6.04 Å². The predicted molar refractivity (Wildman–Crippen MR) is 90.8 cm³/mol. The molecule has 2 nitrogen and oxygen atoms in total. The monoisotopic (exact) mass is 343 g/mol. The van der Waals surface area contributed by atoms with E-state index in [1.165, 1.54) is 0 Å². The molecule has 21 heavy (non-hydrogen) atoms. The summed E-state index contributed by atoms with van der Waals surface area (Å²) in [6.07, 6.45) is 4.26. The lowest BCUT2D eigenvalue weighted by molar-refractivity contribution is -0.117. The second-order valence-electron chi connectivity index (χ2n) is 4.77. The van der Waals surface area contributed by atoms with Gasteiger partial charge in [-0.1, -0.05) is 65.3 Å². The van der Waals surface area contributed by atoms with E-state index in [2.05, 4.69) is 28.2 Å². The van der Waals surface area contributed by atoms with Crippen LogP contribution in [0.4, 0.5) is 0 Å². The predicted octanol–water partition coefficient (Wildman–Crippen LogP) is 4.73. The summed E-state index contributed by atoms with van der Waals surface area (Å²) in [5, 5.41) is 3.03. The maximum atomic E-state index is 12.0. The number of benzene rings is 2. The zero-order valence-corrected chi connectivity index (χ0v) is 13.5. The van der Waals surface area contributed by atoms with E-state index in [9.17, 15) is 4.79 Å². The fourth-order valence-corrected chi connectivity index (χ4v) is 2.53. The number of hydrogen-bond donors (Lipinski definition) is 1. The number of hydrogen-bond acceptors (Lipinski definition) is 1. The Morgan fingerprint density at radius 1 is 1.19 bits per heavy atom. The summed E-state index contributed by atoms with van der Waals surface area (Å²) < 4.78 is 1.00. The lowest BCUT2D eigenvalue weighted by Crippen LogP contribution is -2.26. The second-order valence-corrected chi connectivity index (χ2v) is 5.68. The average Bonchev–Trinajstić information content (AvgIpc) is 2.51. The number of nitrogens with one attached hydrogen (secondary N) is 1. The van der Waals surface area contributed by atoms with Gasteiger partial charge in [-0.05, 0) is 35.8 Å². The molecule has 1 amide bonds. The molecule has 0 heterocycles. The largest absolute Gasteiger partial charge is 0.346 e. The zero-order chi connectivity index (χ0) is 15.1. The van der Waals surface area contributed by atoms with E-state index in [0.717, 1.165) is 22.0 Å². The highest BCUT2D eigenvalue weighted by atomic mass is 79.9. The van der Waals surface area contributed by atoms with Crippen molar-refractivity contribution < 1.29 is 4.79 Å². The molecular formula is C18H18BrNO. The molecule has 0 saturated carbocycles. The van der Waals surface area contributed by atoms with Crippen molar-refractivity contribution in [3.05, 3.63) is 76.3 Å². The molecule has 3 heteroatoms. The Hall–Kier alpha value is -1.87. The molecule has 0 bridgehead atoms. The fraction of sp³-hybridized carbons (Fsp3) is 0.167. The van der Waals surface area contributed by atoms with Crippen molar-refractivity contribution in [2.45, 2.75) is 19.4 Å². The van der Waals surface area contributed by atoms with E-state index in [1.807, 2.05) is 60.7 Å². The van der Waals surface area contributed by atoms with Gasteiger partial charge < -0.3 is 5.32 Å². The maximum Gasteiger partial charge on any atom is 0.244 e. The Morgan fingerprint density at radius 2 is 1.95 bits per heavy atom. The van der Waals surface area contributed by atoms with Crippen LogP contribution >= 0.6 is 15.9 Å². The Labute approximate surface area is 134 Å². The van der Waals surface area contributed by atoms with Crippen molar-refractivity contribution in [3.8, 4) is 0 Å². The number of carbonyl (C=O) groups excluding carboxylic acids is 1. The van der Waals surface area contributed by atoms with Crippen LogP contribution in [-0.2, 0) is 4.79 Å². The first-order chi connectivity index (χ1) is 10.2. The van der Waals surface area contributed by atoms with E-state index >= 15 is 0 Å². The van der Waals surface area contributed by atoms with Crippen LogP contribution in [0.1, 0.15) is 30.5 Å². The van der Waals surface area contributed by atoms with Gasteiger partial charge in [0.15, 0.2) is 0 Å². The quantitative estimate of drug-likeness (QED) is 0.781. The highest BCUT2D eigenvalue weighted by Gasteiger charge is 2.10. The van der Waals surface area contributed by atoms with Crippen LogP contribution in [0, 0.1) is 0 Å². The normalized spacial score (nSPS) is 12.3. The van der Waals surface area contributed by atoms with Crippen LogP contribution in [0.15, 0.2) is 65.1 Å². The highest BCUT2D eigenvalue weighted by Crippen LogP contribution is 2.16. The fourth-order valence-electron chi connectivity index (χ4n) is 2.11. The number of rotatable bonds is 5. The first kappa shape index (κ1) is 15.5. The molecule has 0 spiro atoms. The standard InChI is InChI=1S/C18H18BrNO/c1-2-17(15-8-4-3-5-9-15)20-18(21)12-11-14-7-6-10-16(19)13-14/h3-13,17H,2H2,1H3,(H,20,21)/b12-11+/t17-/m0/s1. The summed E-state index contributed by atoms with van der Waals surface area (Å²) >= 11 is 3.42. The lowest BCUT2D eigenvalue weighted by atomic mass is 10.0. The van der Waals surface area contributed by atoms with Gasteiger partial charge in [0.2, 0.25) is 5.91 Å². The molecule has 2 aromatic rings. The molecule has 108 valence electrons. The summed E-state index contributed by atoms with van der Waals surface area (Å²) in [6, 6.07) is 17.9. The zero-order valence-electron chi connectivity index (χ0n) is 11.9. The van der Waals surface area contributed by atoms with E-state index in [-0.39, 0.29) is 11.9 Å². The van der Waals surface area contributed by atoms with Gasteiger partial charge in [0, 0.05) is 10.5 Å². The Bertz CT molecular complexity index is 622. The third-order valence-corrected chi connectivity index (χ3v) is 3.70. The summed E-state index contributed by atoms with van der Waals surface area (Å²) in [7, 11) is 0. The average molecular weight is 344 g/mol. The summed E-state index contributed by atoms with van der Waals surface area (Å²) in [5.41, 5.74) is 2.12. The first-order valence-electron chi connectivity index (χ1n) is 6.98. The van der Waals surface area contributed by atoms with Crippen molar-refractivity contribution in [1.29, 1.82) is 0 Å². The van der Waals surface area contributed by atoms with Crippen LogP contribution < -0.4 is 5.32 Å². The van der Waals surface area contributed by atoms with Gasteiger partial charge >= 0.3 is 0 Å². The van der Waals surface area contributed by atoms with E-state index < -0.39 is 0 Å². The summed E-state index contributed by atoms with van der Waals surface area (Å²) in [5.74, 6) is -0.0781. The highest BCUT2D eigenvalue weighted by molar-refractivity contribution is 9.10. The van der Waals surface area contributed by atoms with Crippen LogP contribution in [0.5, 0.6) is 0 Å². The molecule has 1 N–H and O–H groups in total. The Kier molecular flexibility index (Phi) is 5.76. The van der Waals surface area contributed by atoms with Crippen LogP contribution in [0.3, 0.4) is 0 Å². The van der Waals surface area contributed by atoms with Crippen molar-refractivity contribution in [2.75, 3.05) is 0 Å². The molecule has 0 aromatic heterocycles. The lowest BCUT2D eigenvalue weighted by Gasteiger charge is -2.16. The topological polar surface area (TPSA) is 29.1 Å². The molecule has 0 saturated heterocycles. The van der Waals surface area contributed by atoms with Gasteiger partial charge in [0.25, 0.3) is 0 Å². The minimum Gasteiger partial charge on any atom is -0.346 e. The van der Waals surface area contributed by atoms with Crippen LogP contribution in [0.25, 0.3) is 6.08 Å². The maximum absolute atomic E-state index is 12.0.